The van der Waals surface area contributed by atoms with Gasteiger partial charge in [-0.1, -0.05) is 31.0 Å². The largest absolute Gasteiger partial charge is 0.352 e. The molecule has 1 aromatic rings. The van der Waals surface area contributed by atoms with Crippen molar-refractivity contribution in [2.45, 2.75) is 57.5 Å². The molecule has 0 radical (unpaired) electrons. The van der Waals surface area contributed by atoms with E-state index >= 15 is 0 Å². The fourth-order valence-electron chi connectivity index (χ4n) is 1.94. The Balaban J connectivity index is 2.70. The number of aryl methyl sites for hydroxylation is 1. The number of rotatable bonds is 7. The van der Waals surface area contributed by atoms with Crippen LogP contribution in [0.15, 0.2) is 29.2 Å². The third kappa shape index (κ3) is 5.47. The van der Waals surface area contributed by atoms with Crippen LogP contribution in [-0.2, 0) is 14.8 Å². The molecule has 1 aromatic carbocycles. The minimum Gasteiger partial charge on any atom is -0.352 e. The Morgan fingerprint density at radius 2 is 1.76 bits per heavy atom. The second kappa shape index (κ2) is 7.56. The SMILES string of the molecule is CCC[C@@H](C)NC(=O)[C@@H](C)NS(=O)(=O)c1ccc(C)cc1. The second-order valence-corrected chi connectivity index (χ2v) is 7.07. The van der Waals surface area contributed by atoms with E-state index < -0.39 is 16.1 Å². The van der Waals surface area contributed by atoms with Gasteiger partial charge < -0.3 is 5.32 Å². The molecule has 2 N–H and O–H groups in total. The molecule has 0 unspecified atom stereocenters. The molecule has 0 aromatic heterocycles. The predicted octanol–water partition coefficient (Wildman–Crippen LogP) is 1.97. The van der Waals surface area contributed by atoms with Crippen molar-refractivity contribution in [1.29, 1.82) is 0 Å². The van der Waals surface area contributed by atoms with Crippen molar-refractivity contribution >= 4 is 15.9 Å². The molecular formula is C15H24N2O3S. The number of carbonyl (C=O) groups excluding carboxylic acids is 1. The summed E-state index contributed by atoms with van der Waals surface area (Å²) in [5.41, 5.74) is 0.980. The van der Waals surface area contributed by atoms with E-state index in [-0.39, 0.29) is 16.8 Å². The van der Waals surface area contributed by atoms with Crippen molar-refractivity contribution in [2.24, 2.45) is 0 Å². The van der Waals surface area contributed by atoms with E-state index in [0.717, 1.165) is 18.4 Å². The number of amides is 1. The van der Waals surface area contributed by atoms with Gasteiger partial charge in [0.05, 0.1) is 10.9 Å². The zero-order valence-corrected chi connectivity index (χ0v) is 13.8. The van der Waals surface area contributed by atoms with E-state index in [0.29, 0.717) is 0 Å². The molecule has 2 atom stereocenters. The highest BCUT2D eigenvalue weighted by molar-refractivity contribution is 7.89. The Labute approximate surface area is 127 Å². The fraction of sp³-hybridized carbons (Fsp3) is 0.533. The molecule has 118 valence electrons. The van der Waals surface area contributed by atoms with Crippen LogP contribution in [0.3, 0.4) is 0 Å². The van der Waals surface area contributed by atoms with Crippen molar-refractivity contribution < 1.29 is 13.2 Å². The molecule has 1 rings (SSSR count). The van der Waals surface area contributed by atoms with Gasteiger partial charge in [-0.15, -0.1) is 0 Å². The van der Waals surface area contributed by atoms with Crippen molar-refractivity contribution in [3.63, 3.8) is 0 Å². The van der Waals surface area contributed by atoms with Gasteiger partial charge in [-0.2, -0.15) is 4.72 Å². The summed E-state index contributed by atoms with van der Waals surface area (Å²) in [6.45, 7) is 7.36. The Morgan fingerprint density at radius 3 is 2.29 bits per heavy atom. The summed E-state index contributed by atoms with van der Waals surface area (Å²) in [7, 11) is -3.68. The van der Waals surface area contributed by atoms with Crippen LogP contribution in [0, 0.1) is 6.92 Å². The minimum atomic E-state index is -3.68. The Kier molecular flexibility index (Phi) is 6.36. The molecule has 0 heterocycles. The van der Waals surface area contributed by atoms with Crippen molar-refractivity contribution in [1.82, 2.24) is 10.0 Å². The van der Waals surface area contributed by atoms with Crippen LogP contribution in [0.1, 0.15) is 39.2 Å². The van der Waals surface area contributed by atoms with Crippen LogP contribution >= 0.6 is 0 Å². The summed E-state index contributed by atoms with van der Waals surface area (Å²) in [5.74, 6) is -0.313. The summed E-state index contributed by atoms with van der Waals surface area (Å²) in [5, 5.41) is 2.80. The number of carbonyl (C=O) groups is 1. The van der Waals surface area contributed by atoms with E-state index in [9.17, 15) is 13.2 Å². The van der Waals surface area contributed by atoms with Crippen LogP contribution in [0.25, 0.3) is 0 Å². The lowest BCUT2D eigenvalue weighted by atomic mass is 10.2. The van der Waals surface area contributed by atoms with Crippen LogP contribution < -0.4 is 10.0 Å². The molecule has 21 heavy (non-hydrogen) atoms. The zero-order valence-electron chi connectivity index (χ0n) is 13.0. The molecule has 0 bridgehead atoms. The molecule has 0 saturated carbocycles. The molecule has 0 aliphatic rings. The lowest BCUT2D eigenvalue weighted by Crippen LogP contribution is -2.47. The normalized spacial score (nSPS) is 14.5. The average molecular weight is 312 g/mol. The Hall–Kier alpha value is -1.40. The van der Waals surface area contributed by atoms with Crippen LogP contribution in [-0.4, -0.2) is 26.4 Å². The maximum absolute atomic E-state index is 12.2. The Bertz CT molecular complexity index is 567. The van der Waals surface area contributed by atoms with Crippen LogP contribution in [0.4, 0.5) is 0 Å². The number of hydrogen-bond acceptors (Lipinski definition) is 3. The quantitative estimate of drug-likeness (QED) is 0.808. The summed E-state index contributed by atoms with van der Waals surface area (Å²) < 4.78 is 26.8. The van der Waals surface area contributed by atoms with E-state index in [1.54, 1.807) is 19.1 Å². The van der Waals surface area contributed by atoms with Gasteiger partial charge in [0.15, 0.2) is 0 Å². The van der Waals surface area contributed by atoms with Crippen LogP contribution in [0.2, 0.25) is 0 Å². The molecule has 0 aliphatic heterocycles. The van der Waals surface area contributed by atoms with Crippen molar-refractivity contribution in [3.05, 3.63) is 29.8 Å². The first kappa shape index (κ1) is 17.7. The summed E-state index contributed by atoms with van der Waals surface area (Å²) in [4.78, 5) is 12.1. The summed E-state index contributed by atoms with van der Waals surface area (Å²) >= 11 is 0. The molecule has 5 nitrogen and oxygen atoms in total. The summed E-state index contributed by atoms with van der Waals surface area (Å²) in [6, 6.07) is 5.74. The van der Waals surface area contributed by atoms with Crippen LogP contribution in [0.5, 0.6) is 0 Å². The maximum Gasteiger partial charge on any atom is 0.241 e. The molecule has 0 fully saturated rings. The third-order valence-corrected chi connectivity index (χ3v) is 4.72. The van der Waals surface area contributed by atoms with Gasteiger partial charge in [0.1, 0.15) is 0 Å². The first-order valence-corrected chi connectivity index (χ1v) is 8.64. The average Bonchev–Trinajstić information content (AvgIpc) is 2.38. The predicted molar refractivity (Wildman–Crippen MR) is 83.5 cm³/mol. The highest BCUT2D eigenvalue weighted by Gasteiger charge is 2.22. The van der Waals surface area contributed by atoms with Gasteiger partial charge in [-0.3, -0.25) is 4.79 Å². The molecule has 1 amide bonds. The van der Waals surface area contributed by atoms with Gasteiger partial charge in [0, 0.05) is 6.04 Å². The highest BCUT2D eigenvalue weighted by Crippen LogP contribution is 2.10. The van der Waals surface area contributed by atoms with Gasteiger partial charge in [0.2, 0.25) is 15.9 Å². The van der Waals surface area contributed by atoms with Gasteiger partial charge >= 0.3 is 0 Å². The first-order chi connectivity index (χ1) is 9.76. The highest BCUT2D eigenvalue weighted by atomic mass is 32.2. The Morgan fingerprint density at radius 1 is 1.19 bits per heavy atom. The smallest absolute Gasteiger partial charge is 0.241 e. The van der Waals surface area contributed by atoms with E-state index in [2.05, 4.69) is 10.0 Å². The van der Waals surface area contributed by atoms with E-state index in [4.69, 9.17) is 0 Å². The van der Waals surface area contributed by atoms with Gasteiger partial charge in [-0.05, 0) is 39.3 Å². The van der Waals surface area contributed by atoms with E-state index in [1.807, 2.05) is 20.8 Å². The molecule has 0 saturated heterocycles. The molecule has 6 heteroatoms. The maximum atomic E-state index is 12.2. The lowest BCUT2D eigenvalue weighted by molar-refractivity contribution is -0.123. The molecule has 0 aliphatic carbocycles. The lowest BCUT2D eigenvalue weighted by Gasteiger charge is -2.18. The van der Waals surface area contributed by atoms with E-state index in [1.165, 1.54) is 12.1 Å². The first-order valence-electron chi connectivity index (χ1n) is 7.15. The topological polar surface area (TPSA) is 75.3 Å². The number of hydrogen-bond donors (Lipinski definition) is 2. The van der Waals surface area contributed by atoms with Gasteiger partial charge in [-0.25, -0.2) is 8.42 Å². The number of sulfonamides is 1. The second-order valence-electron chi connectivity index (χ2n) is 5.35. The monoisotopic (exact) mass is 312 g/mol. The fourth-order valence-corrected chi connectivity index (χ4v) is 3.15. The number of benzene rings is 1. The third-order valence-electron chi connectivity index (χ3n) is 3.17. The van der Waals surface area contributed by atoms with Crippen molar-refractivity contribution in [3.8, 4) is 0 Å². The standard InChI is InChI=1S/C15H24N2O3S/c1-5-6-12(3)16-15(18)13(4)17-21(19,20)14-9-7-11(2)8-10-14/h7-10,12-13,17H,5-6H2,1-4H3,(H,16,18)/t12-,13-/m1/s1. The summed E-state index contributed by atoms with van der Waals surface area (Å²) in [6.07, 6.45) is 1.83. The number of nitrogens with one attached hydrogen (secondary N) is 2. The minimum absolute atomic E-state index is 0.0360. The molecule has 0 spiro atoms. The van der Waals surface area contributed by atoms with Gasteiger partial charge in [0.25, 0.3) is 0 Å². The molecular weight excluding hydrogens is 288 g/mol. The van der Waals surface area contributed by atoms with Crippen molar-refractivity contribution in [2.75, 3.05) is 0 Å². The zero-order chi connectivity index (χ0) is 16.0.